The predicted molar refractivity (Wildman–Crippen MR) is 99.1 cm³/mol. The average molecular weight is 367 g/mol. The minimum atomic E-state index is -0.357. The van der Waals surface area contributed by atoms with Crippen LogP contribution in [0.4, 0.5) is 4.79 Å². The smallest absolute Gasteiger partial charge is 0.317 e. The van der Waals surface area contributed by atoms with Crippen molar-refractivity contribution < 1.29 is 19.5 Å². The first kappa shape index (κ1) is 18.6. The van der Waals surface area contributed by atoms with E-state index in [0.29, 0.717) is 17.7 Å². The van der Waals surface area contributed by atoms with Gasteiger partial charge in [-0.15, -0.1) is 0 Å². The van der Waals surface area contributed by atoms with Gasteiger partial charge in [0.1, 0.15) is 0 Å². The second-order valence-electron chi connectivity index (χ2n) is 6.17. The van der Waals surface area contributed by atoms with Gasteiger partial charge in [-0.25, -0.2) is 4.79 Å². The minimum absolute atomic E-state index is 0.0936. The van der Waals surface area contributed by atoms with E-state index < -0.39 is 0 Å². The van der Waals surface area contributed by atoms with Crippen LogP contribution >= 0.6 is 0 Å². The lowest BCUT2D eigenvalue weighted by Gasteiger charge is -2.23. The molecule has 0 saturated carbocycles. The largest absolute Gasteiger partial charge is 0.395 e. The molecule has 0 fully saturated rings. The second-order valence-corrected chi connectivity index (χ2v) is 6.17. The molecule has 2 N–H and O–H groups in total. The summed E-state index contributed by atoms with van der Waals surface area (Å²) in [6.07, 6.45) is 0. The molecule has 3 rings (SSSR count). The van der Waals surface area contributed by atoms with Crippen LogP contribution in [0.1, 0.15) is 26.3 Å². The lowest BCUT2D eigenvalue weighted by molar-refractivity contribution is 0.0655. The van der Waals surface area contributed by atoms with Crippen molar-refractivity contribution in [1.29, 1.82) is 0 Å². The molecule has 1 heterocycles. The fourth-order valence-corrected chi connectivity index (χ4v) is 3.01. The van der Waals surface area contributed by atoms with Crippen molar-refractivity contribution in [1.82, 2.24) is 15.1 Å². The summed E-state index contributed by atoms with van der Waals surface area (Å²) in [5, 5.41) is 11.9. The van der Waals surface area contributed by atoms with Crippen LogP contribution in [0.5, 0.6) is 0 Å². The number of benzene rings is 2. The number of aliphatic hydroxyl groups excluding tert-OH is 1. The van der Waals surface area contributed by atoms with Crippen LogP contribution in [0.15, 0.2) is 54.6 Å². The van der Waals surface area contributed by atoms with Crippen LogP contribution in [0, 0.1) is 0 Å². The SMILES string of the molecule is O=C(NCCN1C(=O)c2ccccc2C1=O)N(CCO)Cc1ccccc1. The minimum Gasteiger partial charge on any atom is -0.395 e. The van der Waals surface area contributed by atoms with E-state index in [1.54, 1.807) is 24.3 Å². The molecule has 0 spiro atoms. The third-order valence-electron chi connectivity index (χ3n) is 4.36. The highest BCUT2D eigenvalue weighted by atomic mass is 16.3. The molecule has 1 aliphatic heterocycles. The summed E-state index contributed by atoms with van der Waals surface area (Å²) in [6, 6.07) is 15.8. The van der Waals surface area contributed by atoms with Gasteiger partial charge in [0.2, 0.25) is 0 Å². The zero-order chi connectivity index (χ0) is 19.2. The van der Waals surface area contributed by atoms with Gasteiger partial charge >= 0.3 is 6.03 Å². The number of fused-ring (bicyclic) bond motifs is 1. The van der Waals surface area contributed by atoms with Gasteiger partial charge in [-0.05, 0) is 17.7 Å². The van der Waals surface area contributed by atoms with E-state index in [1.165, 1.54) is 4.90 Å². The molecule has 7 heteroatoms. The highest BCUT2D eigenvalue weighted by Gasteiger charge is 2.34. The molecule has 7 nitrogen and oxygen atoms in total. The van der Waals surface area contributed by atoms with E-state index in [2.05, 4.69) is 5.32 Å². The Kier molecular flexibility index (Phi) is 5.83. The van der Waals surface area contributed by atoms with Crippen molar-refractivity contribution >= 4 is 17.8 Å². The van der Waals surface area contributed by atoms with Crippen LogP contribution in [0.3, 0.4) is 0 Å². The van der Waals surface area contributed by atoms with Gasteiger partial charge in [0, 0.05) is 26.2 Å². The van der Waals surface area contributed by atoms with Crippen molar-refractivity contribution in [3.05, 3.63) is 71.3 Å². The number of carbonyl (C=O) groups excluding carboxylic acids is 3. The first-order chi connectivity index (χ1) is 13.1. The lowest BCUT2D eigenvalue weighted by atomic mass is 10.1. The topological polar surface area (TPSA) is 90.0 Å². The number of imide groups is 1. The number of aliphatic hydroxyl groups is 1. The quantitative estimate of drug-likeness (QED) is 0.726. The van der Waals surface area contributed by atoms with Gasteiger partial charge in [0.05, 0.1) is 17.7 Å². The van der Waals surface area contributed by atoms with Gasteiger partial charge in [0.25, 0.3) is 11.8 Å². The second kappa shape index (κ2) is 8.46. The molecule has 0 radical (unpaired) electrons. The van der Waals surface area contributed by atoms with Crippen LogP contribution in [-0.4, -0.2) is 59.0 Å². The molecule has 27 heavy (non-hydrogen) atoms. The van der Waals surface area contributed by atoms with Crippen LogP contribution in [-0.2, 0) is 6.54 Å². The molecule has 4 amide bonds. The predicted octanol–water partition coefficient (Wildman–Crippen LogP) is 1.49. The van der Waals surface area contributed by atoms with Crippen molar-refractivity contribution in [3.8, 4) is 0 Å². The number of nitrogens with zero attached hydrogens (tertiary/aromatic N) is 2. The third-order valence-corrected chi connectivity index (χ3v) is 4.36. The van der Waals surface area contributed by atoms with Gasteiger partial charge in [-0.2, -0.15) is 0 Å². The average Bonchev–Trinajstić information content (AvgIpc) is 2.93. The Morgan fingerprint density at radius 3 is 2.15 bits per heavy atom. The van der Waals surface area contributed by atoms with Crippen molar-refractivity contribution in [3.63, 3.8) is 0 Å². The number of hydrogen-bond donors (Lipinski definition) is 2. The fraction of sp³-hybridized carbons (Fsp3) is 0.250. The molecule has 0 bridgehead atoms. The molecule has 0 aromatic heterocycles. The summed E-state index contributed by atoms with van der Waals surface area (Å²) in [6.45, 7) is 0.629. The van der Waals surface area contributed by atoms with Gasteiger partial charge in [-0.1, -0.05) is 42.5 Å². The Morgan fingerprint density at radius 2 is 1.56 bits per heavy atom. The molecular weight excluding hydrogens is 346 g/mol. The molecule has 0 atom stereocenters. The van der Waals surface area contributed by atoms with E-state index in [1.807, 2.05) is 30.3 Å². The summed E-state index contributed by atoms with van der Waals surface area (Å²) in [5.41, 5.74) is 1.72. The number of nitrogens with one attached hydrogen (secondary N) is 1. The number of hydrogen-bond acceptors (Lipinski definition) is 4. The Bertz CT molecular complexity index is 803. The summed E-state index contributed by atoms with van der Waals surface area (Å²) >= 11 is 0. The highest BCUT2D eigenvalue weighted by Crippen LogP contribution is 2.21. The molecule has 1 aliphatic rings. The molecule has 0 unspecified atom stereocenters. The van der Waals surface area contributed by atoms with Gasteiger partial charge in [0.15, 0.2) is 0 Å². The zero-order valence-electron chi connectivity index (χ0n) is 14.8. The molecule has 0 saturated heterocycles. The number of carbonyl (C=O) groups is 3. The Morgan fingerprint density at radius 1 is 0.963 bits per heavy atom. The highest BCUT2D eigenvalue weighted by molar-refractivity contribution is 6.21. The standard InChI is InChI=1S/C20H21N3O4/c24-13-12-22(14-15-6-2-1-3-7-15)20(27)21-10-11-23-18(25)16-8-4-5-9-17(16)19(23)26/h1-9,24H,10-14H2,(H,21,27). The summed E-state index contributed by atoms with van der Waals surface area (Å²) in [4.78, 5) is 39.6. The van der Waals surface area contributed by atoms with E-state index in [-0.39, 0.29) is 44.1 Å². The normalized spacial score (nSPS) is 12.9. The maximum atomic E-state index is 12.4. The fourth-order valence-electron chi connectivity index (χ4n) is 3.01. The maximum absolute atomic E-state index is 12.4. The molecule has 2 aromatic rings. The van der Waals surface area contributed by atoms with Crippen LogP contribution in [0.25, 0.3) is 0 Å². The molecule has 2 aromatic carbocycles. The number of amides is 4. The Hall–Kier alpha value is -3.19. The lowest BCUT2D eigenvalue weighted by Crippen LogP contribution is -2.44. The molecular formula is C20H21N3O4. The third kappa shape index (κ3) is 4.15. The summed E-state index contributed by atoms with van der Waals surface area (Å²) in [7, 11) is 0. The van der Waals surface area contributed by atoms with Crippen LogP contribution < -0.4 is 5.32 Å². The van der Waals surface area contributed by atoms with Crippen molar-refractivity contribution in [2.75, 3.05) is 26.2 Å². The van der Waals surface area contributed by atoms with E-state index >= 15 is 0 Å². The Labute approximate surface area is 157 Å². The first-order valence-corrected chi connectivity index (χ1v) is 8.74. The number of rotatable bonds is 7. The van der Waals surface area contributed by atoms with Crippen molar-refractivity contribution in [2.24, 2.45) is 0 Å². The van der Waals surface area contributed by atoms with Gasteiger partial charge in [-0.3, -0.25) is 14.5 Å². The number of urea groups is 1. The zero-order valence-corrected chi connectivity index (χ0v) is 14.8. The molecule has 0 aliphatic carbocycles. The van der Waals surface area contributed by atoms with E-state index in [9.17, 15) is 19.5 Å². The first-order valence-electron chi connectivity index (χ1n) is 8.74. The Balaban J connectivity index is 1.55. The van der Waals surface area contributed by atoms with Crippen molar-refractivity contribution in [2.45, 2.75) is 6.54 Å². The summed E-state index contributed by atoms with van der Waals surface area (Å²) < 4.78 is 0. The van der Waals surface area contributed by atoms with Gasteiger partial charge < -0.3 is 15.3 Å². The monoisotopic (exact) mass is 367 g/mol. The summed E-state index contributed by atoms with van der Waals surface area (Å²) in [5.74, 6) is -0.692. The van der Waals surface area contributed by atoms with Crippen LogP contribution in [0.2, 0.25) is 0 Å². The maximum Gasteiger partial charge on any atom is 0.317 e. The molecule has 140 valence electrons. The van der Waals surface area contributed by atoms with E-state index in [4.69, 9.17) is 0 Å². The van der Waals surface area contributed by atoms with E-state index in [0.717, 1.165) is 10.5 Å².